The number of rotatable bonds is 6. The fraction of sp³-hybridized carbons (Fsp3) is 0.529. The lowest BCUT2D eigenvalue weighted by Gasteiger charge is -2.33. The van der Waals surface area contributed by atoms with Crippen molar-refractivity contribution in [2.75, 3.05) is 32.8 Å². The maximum atomic E-state index is 11.0. The smallest absolute Gasteiger partial charge is 0.0942 e. The van der Waals surface area contributed by atoms with E-state index in [1.54, 1.807) is 6.08 Å². The average Bonchev–Trinajstić information content (AvgIpc) is 2.47. The Balaban J connectivity index is 0.00000220. The van der Waals surface area contributed by atoms with Gasteiger partial charge in [-0.2, -0.15) is 0 Å². The molecule has 118 valence electrons. The van der Waals surface area contributed by atoms with Gasteiger partial charge in [0.25, 0.3) is 0 Å². The molecule has 0 bridgehead atoms. The van der Waals surface area contributed by atoms with Gasteiger partial charge in [-0.3, -0.25) is 4.90 Å². The third kappa shape index (κ3) is 5.11. The second kappa shape index (κ2) is 8.54. The van der Waals surface area contributed by atoms with Crippen LogP contribution in [-0.4, -0.2) is 42.9 Å². The summed E-state index contributed by atoms with van der Waals surface area (Å²) in [5.41, 5.74) is 1.38. The van der Waals surface area contributed by atoms with Crippen LogP contribution in [0.2, 0.25) is 0 Å². The molecular weight excluding hydrogens is 286 g/mol. The molecule has 1 N–H and O–H groups in total. The first kappa shape index (κ1) is 18.2. The van der Waals surface area contributed by atoms with Crippen molar-refractivity contribution in [3.63, 3.8) is 0 Å². The first-order chi connectivity index (χ1) is 9.64. The summed E-state index contributed by atoms with van der Waals surface area (Å²) in [5.74, 6) is 0. The number of morpholine rings is 1. The monoisotopic (exact) mass is 311 g/mol. The second-order valence-electron chi connectivity index (χ2n) is 5.59. The molecule has 0 aliphatic carbocycles. The molecule has 1 aromatic carbocycles. The van der Waals surface area contributed by atoms with Crippen LogP contribution >= 0.6 is 12.4 Å². The van der Waals surface area contributed by atoms with E-state index in [1.807, 2.05) is 12.1 Å². The predicted molar refractivity (Wildman–Crippen MR) is 89.0 cm³/mol. The van der Waals surface area contributed by atoms with E-state index < -0.39 is 5.60 Å². The molecule has 0 spiro atoms. The SMILES string of the molecule is C=CCC(O)(CCN1CCOCC1)c1ccc(C)cc1.Cl. The van der Waals surface area contributed by atoms with E-state index in [4.69, 9.17) is 4.74 Å². The van der Waals surface area contributed by atoms with Crippen LogP contribution in [0.15, 0.2) is 36.9 Å². The fourth-order valence-electron chi connectivity index (χ4n) is 2.63. The quantitative estimate of drug-likeness (QED) is 0.820. The minimum absolute atomic E-state index is 0. The van der Waals surface area contributed by atoms with E-state index in [1.165, 1.54) is 5.56 Å². The number of aryl methyl sites for hydroxylation is 1. The Labute approximate surface area is 134 Å². The van der Waals surface area contributed by atoms with E-state index in [0.717, 1.165) is 44.8 Å². The van der Waals surface area contributed by atoms with Crippen LogP contribution in [0.4, 0.5) is 0 Å². The number of ether oxygens (including phenoxy) is 1. The van der Waals surface area contributed by atoms with E-state index >= 15 is 0 Å². The van der Waals surface area contributed by atoms with Crippen molar-refractivity contribution in [1.29, 1.82) is 0 Å². The van der Waals surface area contributed by atoms with Crippen molar-refractivity contribution < 1.29 is 9.84 Å². The van der Waals surface area contributed by atoms with Crippen LogP contribution in [0.5, 0.6) is 0 Å². The molecule has 1 saturated heterocycles. The highest BCUT2D eigenvalue weighted by molar-refractivity contribution is 5.85. The summed E-state index contributed by atoms with van der Waals surface area (Å²) in [5, 5.41) is 11.0. The molecule has 2 rings (SSSR count). The summed E-state index contributed by atoms with van der Waals surface area (Å²) >= 11 is 0. The van der Waals surface area contributed by atoms with Gasteiger partial charge in [-0.05, 0) is 25.3 Å². The number of hydrogen-bond donors (Lipinski definition) is 1. The van der Waals surface area contributed by atoms with E-state index in [2.05, 4.69) is 30.5 Å². The van der Waals surface area contributed by atoms with Gasteiger partial charge in [0.1, 0.15) is 0 Å². The normalized spacial score (nSPS) is 18.6. The molecule has 1 aromatic rings. The van der Waals surface area contributed by atoms with E-state index in [-0.39, 0.29) is 12.4 Å². The Bertz CT molecular complexity index is 429. The Morgan fingerprint density at radius 2 is 1.90 bits per heavy atom. The zero-order chi connectivity index (χ0) is 14.4. The van der Waals surface area contributed by atoms with Gasteiger partial charge >= 0.3 is 0 Å². The van der Waals surface area contributed by atoms with Gasteiger partial charge in [0, 0.05) is 19.6 Å². The van der Waals surface area contributed by atoms with Gasteiger partial charge < -0.3 is 9.84 Å². The van der Waals surface area contributed by atoms with Crippen molar-refractivity contribution in [2.45, 2.75) is 25.4 Å². The highest BCUT2D eigenvalue weighted by Gasteiger charge is 2.28. The molecule has 0 saturated carbocycles. The minimum atomic E-state index is -0.812. The Morgan fingerprint density at radius 3 is 2.48 bits per heavy atom. The van der Waals surface area contributed by atoms with Gasteiger partial charge in [0.2, 0.25) is 0 Å². The van der Waals surface area contributed by atoms with Crippen molar-refractivity contribution in [1.82, 2.24) is 4.90 Å². The average molecular weight is 312 g/mol. The first-order valence-electron chi connectivity index (χ1n) is 7.34. The van der Waals surface area contributed by atoms with Crippen LogP contribution in [0, 0.1) is 6.92 Å². The van der Waals surface area contributed by atoms with Crippen molar-refractivity contribution >= 4 is 12.4 Å². The first-order valence-corrected chi connectivity index (χ1v) is 7.34. The summed E-state index contributed by atoms with van der Waals surface area (Å²) in [7, 11) is 0. The van der Waals surface area contributed by atoms with Gasteiger partial charge in [0.05, 0.1) is 18.8 Å². The molecule has 21 heavy (non-hydrogen) atoms. The van der Waals surface area contributed by atoms with Crippen molar-refractivity contribution in [3.05, 3.63) is 48.0 Å². The lowest BCUT2D eigenvalue weighted by Crippen LogP contribution is -2.39. The molecule has 1 fully saturated rings. The molecule has 1 unspecified atom stereocenters. The Hall–Kier alpha value is -0.870. The number of hydrogen-bond acceptors (Lipinski definition) is 3. The third-order valence-corrected chi connectivity index (χ3v) is 4.02. The molecule has 1 atom stereocenters. The molecule has 0 amide bonds. The fourth-order valence-corrected chi connectivity index (χ4v) is 2.63. The largest absolute Gasteiger partial charge is 0.385 e. The zero-order valence-electron chi connectivity index (χ0n) is 12.8. The minimum Gasteiger partial charge on any atom is -0.385 e. The second-order valence-corrected chi connectivity index (χ2v) is 5.59. The Morgan fingerprint density at radius 1 is 1.29 bits per heavy atom. The van der Waals surface area contributed by atoms with E-state index in [9.17, 15) is 5.11 Å². The highest BCUT2D eigenvalue weighted by atomic mass is 35.5. The zero-order valence-corrected chi connectivity index (χ0v) is 13.6. The van der Waals surface area contributed by atoms with Crippen LogP contribution in [-0.2, 0) is 10.3 Å². The summed E-state index contributed by atoms with van der Waals surface area (Å²) in [6.45, 7) is 10.2. The number of halogens is 1. The number of aliphatic hydroxyl groups is 1. The summed E-state index contributed by atoms with van der Waals surface area (Å²) in [4.78, 5) is 2.35. The third-order valence-electron chi connectivity index (χ3n) is 4.02. The maximum Gasteiger partial charge on any atom is 0.0942 e. The molecular formula is C17H26ClNO2. The Kier molecular flexibility index (Phi) is 7.40. The topological polar surface area (TPSA) is 32.7 Å². The summed E-state index contributed by atoms with van der Waals surface area (Å²) < 4.78 is 5.36. The van der Waals surface area contributed by atoms with Crippen LogP contribution in [0.1, 0.15) is 24.0 Å². The maximum absolute atomic E-state index is 11.0. The van der Waals surface area contributed by atoms with Gasteiger partial charge in [-0.1, -0.05) is 35.9 Å². The molecule has 0 radical (unpaired) electrons. The summed E-state index contributed by atoms with van der Waals surface area (Å²) in [6.07, 6.45) is 3.11. The predicted octanol–water partition coefficient (Wildman–Crippen LogP) is 2.90. The number of nitrogens with zero attached hydrogens (tertiary/aromatic N) is 1. The molecule has 1 aliphatic heterocycles. The van der Waals surface area contributed by atoms with Crippen LogP contribution in [0.25, 0.3) is 0 Å². The van der Waals surface area contributed by atoms with E-state index in [0.29, 0.717) is 6.42 Å². The van der Waals surface area contributed by atoms with Gasteiger partial charge in [-0.15, -0.1) is 19.0 Å². The van der Waals surface area contributed by atoms with Crippen molar-refractivity contribution in [3.8, 4) is 0 Å². The van der Waals surface area contributed by atoms with Crippen LogP contribution < -0.4 is 0 Å². The summed E-state index contributed by atoms with van der Waals surface area (Å²) in [6, 6.07) is 8.16. The lowest BCUT2D eigenvalue weighted by molar-refractivity contribution is -0.00295. The van der Waals surface area contributed by atoms with Gasteiger partial charge in [0.15, 0.2) is 0 Å². The standard InChI is InChI=1S/C17H25NO2.ClH/c1-3-8-17(19,16-6-4-15(2)5-7-16)9-10-18-11-13-20-14-12-18;/h3-7,19H,1,8-14H2,2H3;1H. The molecule has 3 nitrogen and oxygen atoms in total. The van der Waals surface area contributed by atoms with Crippen molar-refractivity contribution in [2.24, 2.45) is 0 Å². The highest BCUT2D eigenvalue weighted by Crippen LogP contribution is 2.30. The molecule has 1 heterocycles. The number of benzene rings is 1. The lowest BCUT2D eigenvalue weighted by atomic mass is 9.86. The molecule has 4 heteroatoms. The van der Waals surface area contributed by atoms with Crippen LogP contribution in [0.3, 0.4) is 0 Å². The molecule has 1 aliphatic rings. The molecule has 0 aromatic heterocycles. The van der Waals surface area contributed by atoms with Gasteiger partial charge in [-0.25, -0.2) is 0 Å².